The summed E-state index contributed by atoms with van der Waals surface area (Å²) in [4.78, 5) is 12.2. The summed E-state index contributed by atoms with van der Waals surface area (Å²) in [5.74, 6) is -0.545. The van der Waals surface area contributed by atoms with Gasteiger partial charge in [-0.25, -0.2) is 4.39 Å². The van der Waals surface area contributed by atoms with Crippen LogP contribution in [0.4, 0.5) is 15.8 Å². The molecule has 0 bridgehead atoms. The first-order chi connectivity index (χ1) is 8.11. The van der Waals surface area contributed by atoms with Crippen LogP contribution in [0.15, 0.2) is 18.2 Å². The predicted molar refractivity (Wildman–Crippen MR) is 63.7 cm³/mol. The van der Waals surface area contributed by atoms with Crippen LogP contribution in [0.3, 0.4) is 0 Å². The van der Waals surface area contributed by atoms with E-state index < -0.39 is 10.7 Å². The monoisotopic (exact) mass is 238 g/mol. The van der Waals surface area contributed by atoms with E-state index in [-0.39, 0.29) is 5.69 Å². The highest BCUT2D eigenvalue weighted by Gasteiger charge is 2.24. The van der Waals surface area contributed by atoms with E-state index in [1.807, 2.05) is 0 Å². The summed E-state index contributed by atoms with van der Waals surface area (Å²) in [6, 6.07) is 4.16. The van der Waals surface area contributed by atoms with Crippen LogP contribution >= 0.6 is 0 Å². The average molecular weight is 238 g/mol. The van der Waals surface area contributed by atoms with E-state index in [1.165, 1.54) is 12.1 Å². The molecule has 0 aliphatic carbocycles. The van der Waals surface area contributed by atoms with Gasteiger partial charge >= 0.3 is 0 Å². The first-order valence-corrected chi connectivity index (χ1v) is 5.83. The van der Waals surface area contributed by atoms with E-state index in [0.29, 0.717) is 11.7 Å². The van der Waals surface area contributed by atoms with Crippen LogP contribution in [-0.2, 0) is 0 Å². The number of hydrogen-bond donors (Lipinski definition) is 0. The van der Waals surface area contributed by atoms with Gasteiger partial charge in [-0.15, -0.1) is 0 Å². The van der Waals surface area contributed by atoms with Gasteiger partial charge < -0.3 is 4.90 Å². The lowest BCUT2D eigenvalue weighted by Crippen LogP contribution is -2.28. The van der Waals surface area contributed by atoms with Gasteiger partial charge in [-0.1, -0.05) is 6.92 Å². The van der Waals surface area contributed by atoms with Crippen molar-refractivity contribution in [3.63, 3.8) is 0 Å². The summed E-state index contributed by atoms with van der Waals surface area (Å²) >= 11 is 0. The maximum Gasteiger partial charge on any atom is 0.274 e. The predicted octanol–water partition coefficient (Wildman–Crippen LogP) is 3.11. The molecule has 0 saturated carbocycles. The van der Waals surface area contributed by atoms with Gasteiger partial charge in [-0.05, 0) is 25.3 Å². The van der Waals surface area contributed by atoms with Crippen LogP contribution in [0, 0.1) is 15.9 Å². The Morgan fingerprint density at radius 2 is 2.29 bits per heavy atom. The molecule has 1 aliphatic heterocycles. The lowest BCUT2D eigenvalue weighted by molar-refractivity contribution is -0.385. The Kier molecular flexibility index (Phi) is 3.26. The van der Waals surface area contributed by atoms with Gasteiger partial charge in [-0.2, -0.15) is 0 Å². The molecular weight excluding hydrogens is 223 g/mol. The van der Waals surface area contributed by atoms with Crippen molar-refractivity contribution in [2.45, 2.75) is 32.2 Å². The summed E-state index contributed by atoms with van der Waals surface area (Å²) in [6.07, 6.45) is 3.11. The number of nitrogens with zero attached hydrogens (tertiary/aromatic N) is 2. The van der Waals surface area contributed by atoms with Gasteiger partial charge in [0.25, 0.3) is 5.69 Å². The summed E-state index contributed by atoms with van der Waals surface area (Å²) in [7, 11) is 0. The Hall–Kier alpha value is -1.65. The average Bonchev–Trinajstić information content (AvgIpc) is 2.76. The molecule has 0 amide bonds. The molecule has 1 saturated heterocycles. The highest BCUT2D eigenvalue weighted by Crippen LogP contribution is 2.30. The third-order valence-corrected chi connectivity index (χ3v) is 3.26. The largest absolute Gasteiger partial charge is 0.368 e. The molecule has 1 aromatic carbocycles. The zero-order chi connectivity index (χ0) is 12.4. The fraction of sp³-hybridized carbons (Fsp3) is 0.500. The third-order valence-electron chi connectivity index (χ3n) is 3.26. The van der Waals surface area contributed by atoms with Crippen molar-refractivity contribution in [1.29, 1.82) is 0 Å². The van der Waals surface area contributed by atoms with Crippen molar-refractivity contribution < 1.29 is 9.31 Å². The number of halogens is 1. The molecule has 1 fully saturated rings. The van der Waals surface area contributed by atoms with Gasteiger partial charge in [0.2, 0.25) is 0 Å². The standard InChI is InChI=1S/C12H15FN2O2/c1-2-10-4-3-5-14(10)11-6-9(13)7-12(8-11)15(16)17/h6-8,10H,2-5H2,1H3. The quantitative estimate of drug-likeness (QED) is 0.600. The second-order valence-corrected chi connectivity index (χ2v) is 4.32. The van der Waals surface area contributed by atoms with E-state index in [1.54, 1.807) is 0 Å². The molecule has 17 heavy (non-hydrogen) atoms. The lowest BCUT2D eigenvalue weighted by Gasteiger charge is -2.25. The molecule has 92 valence electrons. The Morgan fingerprint density at radius 1 is 1.53 bits per heavy atom. The molecule has 1 aromatic rings. The minimum atomic E-state index is -0.552. The van der Waals surface area contributed by atoms with Crippen LogP contribution in [0.5, 0.6) is 0 Å². The molecule has 4 nitrogen and oxygen atoms in total. The van der Waals surface area contributed by atoms with Gasteiger partial charge in [0, 0.05) is 24.3 Å². The molecule has 1 aliphatic rings. The van der Waals surface area contributed by atoms with Crippen molar-refractivity contribution >= 4 is 11.4 Å². The fourth-order valence-electron chi connectivity index (χ4n) is 2.43. The van der Waals surface area contributed by atoms with E-state index in [4.69, 9.17) is 0 Å². The SMILES string of the molecule is CCC1CCCN1c1cc(F)cc([N+](=O)[O-])c1. The van der Waals surface area contributed by atoms with Crippen molar-refractivity contribution in [1.82, 2.24) is 0 Å². The first-order valence-electron chi connectivity index (χ1n) is 5.83. The Bertz CT molecular complexity index is 437. The lowest BCUT2D eigenvalue weighted by atomic mass is 10.1. The smallest absolute Gasteiger partial charge is 0.274 e. The topological polar surface area (TPSA) is 46.4 Å². The van der Waals surface area contributed by atoms with Crippen molar-refractivity contribution in [3.8, 4) is 0 Å². The Balaban J connectivity index is 2.34. The van der Waals surface area contributed by atoms with E-state index >= 15 is 0 Å². The van der Waals surface area contributed by atoms with Crippen molar-refractivity contribution in [2.75, 3.05) is 11.4 Å². The summed E-state index contributed by atoms with van der Waals surface area (Å²) in [5.41, 5.74) is 0.447. The van der Waals surface area contributed by atoms with Gasteiger partial charge in [0.1, 0.15) is 5.82 Å². The molecule has 0 spiro atoms. The molecule has 0 N–H and O–H groups in total. The summed E-state index contributed by atoms with van der Waals surface area (Å²) in [6.45, 7) is 2.93. The number of nitro groups is 1. The number of hydrogen-bond acceptors (Lipinski definition) is 3. The number of non-ortho nitro benzene ring substituents is 1. The van der Waals surface area contributed by atoms with Crippen LogP contribution in [0.1, 0.15) is 26.2 Å². The van der Waals surface area contributed by atoms with Crippen LogP contribution in [0.2, 0.25) is 0 Å². The molecule has 5 heteroatoms. The van der Waals surface area contributed by atoms with E-state index in [2.05, 4.69) is 11.8 Å². The maximum atomic E-state index is 13.3. The van der Waals surface area contributed by atoms with Gasteiger partial charge in [0.15, 0.2) is 0 Å². The minimum absolute atomic E-state index is 0.179. The molecular formula is C12H15FN2O2. The molecule has 2 rings (SSSR count). The van der Waals surface area contributed by atoms with Crippen LogP contribution in [-0.4, -0.2) is 17.5 Å². The van der Waals surface area contributed by atoms with E-state index in [9.17, 15) is 14.5 Å². The molecule has 1 atom stereocenters. The molecule has 0 aromatic heterocycles. The second-order valence-electron chi connectivity index (χ2n) is 4.32. The van der Waals surface area contributed by atoms with Gasteiger partial charge in [-0.3, -0.25) is 10.1 Å². The summed E-state index contributed by atoms with van der Waals surface area (Å²) in [5, 5.41) is 10.7. The highest BCUT2D eigenvalue weighted by molar-refractivity contribution is 5.55. The number of anilines is 1. The zero-order valence-corrected chi connectivity index (χ0v) is 9.73. The van der Waals surface area contributed by atoms with Crippen LogP contribution < -0.4 is 4.90 Å². The Labute approximate surface area is 99.2 Å². The zero-order valence-electron chi connectivity index (χ0n) is 9.73. The number of nitro benzene ring substituents is 1. The molecule has 1 heterocycles. The molecule has 0 radical (unpaired) electrons. The molecule has 1 unspecified atom stereocenters. The number of benzene rings is 1. The fourth-order valence-corrected chi connectivity index (χ4v) is 2.43. The summed E-state index contributed by atoms with van der Waals surface area (Å²) < 4.78 is 13.3. The van der Waals surface area contributed by atoms with Gasteiger partial charge in [0.05, 0.1) is 11.0 Å². The first kappa shape index (κ1) is 11.8. The second kappa shape index (κ2) is 4.69. The van der Waals surface area contributed by atoms with E-state index in [0.717, 1.165) is 31.9 Å². The van der Waals surface area contributed by atoms with Crippen molar-refractivity contribution in [3.05, 3.63) is 34.1 Å². The normalized spacial score (nSPS) is 19.6. The van der Waals surface area contributed by atoms with Crippen molar-refractivity contribution in [2.24, 2.45) is 0 Å². The number of rotatable bonds is 3. The Morgan fingerprint density at radius 3 is 2.94 bits per heavy atom. The third kappa shape index (κ3) is 2.38. The van der Waals surface area contributed by atoms with Crippen LogP contribution in [0.25, 0.3) is 0 Å². The highest BCUT2D eigenvalue weighted by atomic mass is 19.1. The minimum Gasteiger partial charge on any atom is -0.368 e. The maximum absolute atomic E-state index is 13.3.